The normalized spacial score (nSPS) is 22.4. The molecule has 6 atom stereocenters. The minimum Gasteiger partial charge on any atom is -0.459 e. The number of carbonyl (C=O) groups is 1. The van der Waals surface area contributed by atoms with Crippen LogP contribution < -0.4 is 18.9 Å². The van der Waals surface area contributed by atoms with Crippen molar-refractivity contribution >= 4 is 11.8 Å². The van der Waals surface area contributed by atoms with E-state index in [4.69, 9.17) is 38.4 Å². The third kappa shape index (κ3) is 13.8. The van der Waals surface area contributed by atoms with Gasteiger partial charge in [-0.2, -0.15) is 0 Å². The monoisotopic (exact) mass is 993 g/mol. The molecule has 4 aliphatic rings. The molecule has 72 heavy (non-hydrogen) atoms. The van der Waals surface area contributed by atoms with Gasteiger partial charge < -0.3 is 43.5 Å². The molecular formula is C60H84N2O10. The number of ether oxygens (including phenoxy) is 6. The summed E-state index contributed by atoms with van der Waals surface area (Å²) in [5.41, 5.74) is 5.20. The Morgan fingerprint density at radius 3 is 2.21 bits per heavy atom. The summed E-state index contributed by atoms with van der Waals surface area (Å²) in [5.74, 6) is 1.27. The van der Waals surface area contributed by atoms with Gasteiger partial charge in [0.25, 0.3) is 0 Å². The second-order valence-corrected chi connectivity index (χ2v) is 21.4. The lowest BCUT2D eigenvalue weighted by atomic mass is 9.55. The zero-order valence-electron chi connectivity index (χ0n) is 44.3. The average molecular weight is 993 g/mol. The lowest BCUT2D eigenvalue weighted by Crippen LogP contribution is -2.70. The molecule has 0 radical (unpaired) electrons. The molecule has 1 saturated carbocycles. The summed E-state index contributed by atoms with van der Waals surface area (Å²) in [6.07, 6.45) is 20.2. The first-order chi connectivity index (χ1) is 34.9. The number of aliphatic hydroxyl groups is 2. The van der Waals surface area contributed by atoms with E-state index in [1.807, 2.05) is 57.2 Å². The van der Waals surface area contributed by atoms with Crippen LogP contribution in [0.2, 0.25) is 0 Å². The number of allylic oxidation sites excluding steroid dienone is 1. The van der Waals surface area contributed by atoms with Crippen molar-refractivity contribution in [1.82, 2.24) is 4.90 Å². The molecule has 7 rings (SSSR count). The van der Waals surface area contributed by atoms with Gasteiger partial charge >= 0.3 is 6.09 Å². The Balaban J connectivity index is 1.35. The van der Waals surface area contributed by atoms with Crippen LogP contribution in [-0.4, -0.2) is 77.6 Å². The van der Waals surface area contributed by atoms with Crippen LogP contribution in [0.5, 0.6) is 28.7 Å². The van der Waals surface area contributed by atoms with Crippen LogP contribution in [-0.2, 0) is 20.9 Å². The summed E-state index contributed by atoms with van der Waals surface area (Å²) < 4.78 is 39.4. The maximum Gasteiger partial charge on any atom is 0.410 e. The topological polar surface area (TPSA) is 138 Å². The first-order valence-electron chi connectivity index (χ1n) is 27.2. The molecular weight excluding hydrogens is 909 g/mol. The molecule has 6 unspecified atom stereocenters. The van der Waals surface area contributed by atoms with Crippen molar-refractivity contribution in [2.45, 2.75) is 181 Å². The van der Waals surface area contributed by atoms with E-state index in [0.717, 1.165) is 78.7 Å². The van der Waals surface area contributed by atoms with Crippen LogP contribution in [0.1, 0.15) is 165 Å². The molecule has 3 aromatic rings. The lowest BCUT2D eigenvalue weighted by Gasteiger charge is -2.60. The summed E-state index contributed by atoms with van der Waals surface area (Å²) >= 11 is 0. The zero-order valence-corrected chi connectivity index (χ0v) is 44.3. The average Bonchev–Trinajstić information content (AvgIpc) is 3.84. The molecule has 394 valence electrons. The molecule has 0 spiro atoms. The molecule has 0 aromatic heterocycles. The number of aliphatic hydroxyl groups excluding tert-OH is 2. The Labute approximate surface area is 430 Å². The van der Waals surface area contributed by atoms with Crippen LogP contribution in [0.25, 0.3) is 0 Å². The molecule has 2 aliphatic carbocycles. The molecule has 2 heterocycles. The highest BCUT2D eigenvalue weighted by atomic mass is 16.7. The minimum atomic E-state index is -1.47. The number of hydrogen-bond acceptors (Lipinski definition) is 11. The number of unbranched alkanes of at least 4 members (excludes halogenated alkanes) is 11. The molecule has 2 N–H and O–H groups in total. The number of nitrogens with zero attached hydrogens (tertiary/aromatic N) is 2. The maximum atomic E-state index is 15.2. The van der Waals surface area contributed by atoms with Crippen LogP contribution >= 0.6 is 0 Å². The van der Waals surface area contributed by atoms with E-state index in [-0.39, 0.29) is 63.9 Å². The van der Waals surface area contributed by atoms with Gasteiger partial charge in [-0.05, 0) is 143 Å². The van der Waals surface area contributed by atoms with Crippen molar-refractivity contribution in [3.8, 4) is 28.7 Å². The van der Waals surface area contributed by atoms with Gasteiger partial charge in [-0.1, -0.05) is 107 Å². The quantitative estimate of drug-likeness (QED) is 0.0411. The molecule has 12 heteroatoms. The van der Waals surface area contributed by atoms with E-state index in [1.54, 1.807) is 11.0 Å². The summed E-state index contributed by atoms with van der Waals surface area (Å²) in [5, 5.41) is 25.2. The van der Waals surface area contributed by atoms with Gasteiger partial charge in [0, 0.05) is 37.7 Å². The van der Waals surface area contributed by atoms with E-state index in [1.165, 1.54) is 50.5 Å². The number of benzene rings is 3. The van der Waals surface area contributed by atoms with Crippen molar-refractivity contribution < 1.29 is 48.3 Å². The summed E-state index contributed by atoms with van der Waals surface area (Å²) in [6, 6.07) is 17.2. The number of amides is 1. The summed E-state index contributed by atoms with van der Waals surface area (Å²) in [4.78, 5) is 23.4. The van der Waals surface area contributed by atoms with Crippen LogP contribution in [0.15, 0.2) is 84.1 Å². The van der Waals surface area contributed by atoms with Crippen molar-refractivity contribution in [3.05, 3.63) is 101 Å². The third-order valence-corrected chi connectivity index (χ3v) is 14.9. The van der Waals surface area contributed by atoms with Gasteiger partial charge in [0.2, 0.25) is 12.6 Å². The predicted molar refractivity (Wildman–Crippen MR) is 283 cm³/mol. The third-order valence-electron chi connectivity index (χ3n) is 14.9. The van der Waals surface area contributed by atoms with E-state index >= 15 is 4.79 Å². The van der Waals surface area contributed by atoms with Gasteiger partial charge in [-0.25, -0.2) is 4.79 Å². The SMILES string of the molecule is C=CCOC12Oc3ccc(Oc4ccc(C)c(C)c4)cc3C3C(CCCCO)C(CCCCO)C=C(C(=NOC(C)(C)C)CC1N(Cc1ccc4c(c1)OCO4)C(=O)OCCCCCCCCCCCC)C32. The van der Waals surface area contributed by atoms with Gasteiger partial charge in [-0.3, -0.25) is 4.90 Å². The van der Waals surface area contributed by atoms with Gasteiger partial charge in [0.15, 0.2) is 11.5 Å². The smallest absolute Gasteiger partial charge is 0.410 e. The molecule has 0 saturated heterocycles. The number of carbonyl (C=O) groups excluding carboxylic acids is 1. The maximum absolute atomic E-state index is 15.2. The summed E-state index contributed by atoms with van der Waals surface area (Å²) in [7, 11) is 0. The highest BCUT2D eigenvalue weighted by Crippen LogP contribution is 2.62. The van der Waals surface area contributed by atoms with Crippen LogP contribution in [0.4, 0.5) is 4.79 Å². The fourth-order valence-electron chi connectivity index (χ4n) is 11.2. The van der Waals surface area contributed by atoms with Gasteiger partial charge in [0.05, 0.1) is 24.8 Å². The van der Waals surface area contributed by atoms with Crippen LogP contribution in [0, 0.1) is 31.6 Å². The number of aryl methyl sites for hydroxylation is 2. The highest BCUT2D eigenvalue weighted by Gasteiger charge is 2.66. The Morgan fingerprint density at radius 1 is 0.819 bits per heavy atom. The summed E-state index contributed by atoms with van der Waals surface area (Å²) in [6.45, 7) is 17.4. The Bertz CT molecular complexity index is 2300. The largest absolute Gasteiger partial charge is 0.459 e. The second kappa shape index (κ2) is 26.3. The molecule has 3 aromatic carbocycles. The predicted octanol–water partition coefficient (Wildman–Crippen LogP) is 13.8. The molecule has 12 nitrogen and oxygen atoms in total. The first kappa shape index (κ1) is 54.7. The first-order valence-corrected chi connectivity index (χ1v) is 27.2. The lowest BCUT2D eigenvalue weighted by molar-refractivity contribution is -0.256. The number of fused-ring (bicyclic) bond motifs is 3. The number of hydrogen-bond donors (Lipinski definition) is 2. The van der Waals surface area contributed by atoms with Gasteiger partial charge in [0.1, 0.15) is 28.9 Å². The number of rotatable bonds is 28. The van der Waals surface area contributed by atoms with E-state index < -0.39 is 29.4 Å². The second-order valence-electron chi connectivity index (χ2n) is 21.4. The van der Waals surface area contributed by atoms with Gasteiger partial charge in [-0.15, -0.1) is 6.58 Å². The van der Waals surface area contributed by atoms with Crippen molar-refractivity contribution in [2.24, 2.45) is 22.9 Å². The van der Waals surface area contributed by atoms with Crippen molar-refractivity contribution in [3.63, 3.8) is 0 Å². The Kier molecular flexibility index (Phi) is 20.0. The van der Waals surface area contributed by atoms with Crippen molar-refractivity contribution in [2.75, 3.05) is 33.2 Å². The van der Waals surface area contributed by atoms with E-state index in [0.29, 0.717) is 35.8 Å². The van der Waals surface area contributed by atoms with Crippen molar-refractivity contribution in [1.29, 1.82) is 0 Å². The highest BCUT2D eigenvalue weighted by molar-refractivity contribution is 6.03. The Morgan fingerprint density at radius 2 is 1.50 bits per heavy atom. The molecule has 2 aliphatic heterocycles. The fraction of sp³-hybridized carbons (Fsp3) is 0.600. The zero-order chi connectivity index (χ0) is 51.1. The molecule has 0 bridgehead atoms. The number of oxime groups is 1. The molecule has 1 fully saturated rings. The fourth-order valence-corrected chi connectivity index (χ4v) is 11.2. The molecule has 1 amide bonds. The van der Waals surface area contributed by atoms with E-state index in [9.17, 15) is 10.2 Å². The standard InChI is InChI=1S/C60H84N2O10/c1-8-10-11-12-13-14-15-16-17-22-34-66-58(65)62(40-44-26-29-53-54(36-44)68-41-67-53)55-39-51(61-72-59(5,6)7)49-37-45(23-18-20-31-63)48(24-19-21-32-64)56-50-38-47(70-46-27-25-42(3)43(4)35-46)28-30-52(50)71-60(55,57(49)56)69-33-9-2/h9,25-30,35-38,45,48,55-57,63-64H,2,8,10-24,31-34,39-41H2,1,3-7H3. The minimum absolute atomic E-state index is 0.0457. The van der Waals surface area contributed by atoms with Crippen LogP contribution in [0.3, 0.4) is 0 Å². The Hall–Kier alpha value is -5.04. The van der Waals surface area contributed by atoms with E-state index in [2.05, 4.69) is 51.6 Å².